The second kappa shape index (κ2) is 6.52. The van der Waals surface area contributed by atoms with Gasteiger partial charge in [-0.2, -0.15) is 0 Å². The predicted octanol–water partition coefficient (Wildman–Crippen LogP) is 0.882. The second-order valence-corrected chi connectivity index (χ2v) is 4.67. The summed E-state index contributed by atoms with van der Waals surface area (Å²) in [4.78, 5) is 12.1. The van der Waals surface area contributed by atoms with Crippen molar-refractivity contribution < 1.29 is 9.53 Å². The SMILES string of the molecule is NCC(C(=O)NCC1CCOC1)c1ccccc1. The molecular formula is C14H20N2O2. The van der Waals surface area contributed by atoms with Crippen LogP contribution in [0.4, 0.5) is 0 Å². The van der Waals surface area contributed by atoms with Crippen molar-refractivity contribution in [3.63, 3.8) is 0 Å². The Morgan fingerprint density at radius 2 is 2.22 bits per heavy atom. The van der Waals surface area contributed by atoms with Gasteiger partial charge in [-0.05, 0) is 12.0 Å². The van der Waals surface area contributed by atoms with Crippen LogP contribution >= 0.6 is 0 Å². The molecule has 0 aromatic heterocycles. The first kappa shape index (κ1) is 13.1. The van der Waals surface area contributed by atoms with Gasteiger partial charge >= 0.3 is 0 Å². The van der Waals surface area contributed by atoms with E-state index < -0.39 is 0 Å². The molecule has 1 aliphatic heterocycles. The van der Waals surface area contributed by atoms with Crippen molar-refractivity contribution in [2.75, 3.05) is 26.3 Å². The van der Waals surface area contributed by atoms with E-state index >= 15 is 0 Å². The van der Waals surface area contributed by atoms with E-state index in [1.807, 2.05) is 30.3 Å². The fraction of sp³-hybridized carbons (Fsp3) is 0.500. The maximum Gasteiger partial charge on any atom is 0.228 e. The van der Waals surface area contributed by atoms with Gasteiger partial charge in [0.1, 0.15) is 0 Å². The first-order chi connectivity index (χ1) is 8.81. The number of carbonyl (C=O) groups excluding carboxylic acids is 1. The normalized spacial score (nSPS) is 20.6. The van der Waals surface area contributed by atoms with E-state index in [0.29, 0.717) is 19.0 Å². The van der Waals surface area contributed by atoms with Crippen LogP contribution in [0.2, 0.25) is 0 Å². The number of amides is 1. The molecule has 1 saturated heterocycles. The summed E-state index contributed by atoms with van der Waals surface area (Å²) in [5.74, 6) is 0.201. The lowest BCUT2D eigenvalue weighted by Gasteiger charge is -2.16. The van der Waals surface area contributed by atoms with Crippen molar-refractivity contribution in [3.8, 4) is 0 Å². The van der Waals surface area contributed by atoms with Crippen molar-refractivity contribution in [3.05, 3.63) is 35.9 Å². The zero-order valence-corrected chi connectivity index (χ0v) is 10.5. The minimum absolute atomic E-state index is 0.00981. The Bertz CT molecular complexity index is 375. The van der Waals surface area contributed by atoms with Gasteiger partial charge in [0.2, 0.25) is 5.91 Å². The van der Waals surface area contributed by atoms with Crippen LogP contribution in [0.25, 0.3) is 0 Å². The molecule has 1 aliphatic rings. The number of rotatable bonds is 5. The number of carbonyl (C=O) groups is 1. The Morgan fingerprint density at radius 3 is 2.83 bits per heavy atom. The van der Waals surface area contributed by atoms with Gasteiger partial charge in [0.15, 0.2) is 0 Å². The first-order valence-electron chi connectivity index (χ1n) is 6.41. The molecule has 2 unspecified atom stereocenters. The van der Waals surface area contributed by atoms with Crippen molar-refractivity contribution in [1.29, 1.82) is 0 Å². The average Bonchev–Trinajstić information content (AvgIpc) is 2.92. The Balaban J connectivity index is 1.89. The molecule has 2 atom stereocenters. The van der Waals surface area contributed by atoms with Crippen molar-refractivity contribution >= 4 is 5.91 Å². The van der Waals surface area contributed by atoms with Gasteiger partial charge in [0, 0.05) is 25.6 Å². The molecule has 0 aliphatic carbocycles. The molecule has 0 radical (unpaired) electrons. The number of hydrogen-bond donors (Lipinski definition) is 2. The maximum absolute atomic E-state index is 12.1. The summed E-state index contributed by atoms with van der Waals surface area (Å²) >= 11 is 0. The van der Waals surface area contributed by atoms with Gasteiger partial charge in [-0.25, -0.2) is 0 Å². The van der Waals surface area contributed by atoms with Crippen molar-refractivity contribution in [2.45, 2.75) is 12.3 Å². The molecule has 2 rings (SSSR count). The van der Waals surface area contributed by atoms with E-state index in [2.05, 4.69) is 5.32 Å². The Hall–Kier alpha value is -1.39. The number of ether oxygens (including phenoxy) is 1. The van der Waals surface area contributed by atoms with E-state index in [4.69, 9.17) is 10.5 Å². The standard InChI is InChI=1S/C14H20N2O2/c15-8-13(12-4-2-1-3-5-12)14(17)16-9-11-6-7-18-10-11/h1-5,11,13H,6-10,15H2,(H,16,17). The number of nitrogens with one attached hydrogen (secondary N) is 1. The van der Waals surface area contributed by atoms with Gasteiger partial charge < -0.3 is 15.8 Å². The fourth-order valence-electron chi connectivity index (χ4n) is 2.19. The molecule has 1 aromatic carbocycles. The Kier molecular flexibility index (Phi) is 4.73. The number of hydrogen-bond acceptors (Lipinski definition) is 3. The highest BCUT2D eigenvalue weighted by Crippen LogP contribution is 2.15. The fourth-order valence-corrected chi connectivity index (χ4v) is 2.19. The molecule has 0 bridgehead atoms. The van der Waals surface area contributed by atoms with Gasteiger partial charge in [-0.15, -0.1) is 0 Å². The molecule has 0 spiro atoms. The van der Waals surface area contributed by atoms with E-state index in [1.165, 1.54) is 0 Å². The highest BCUT2D eigenvalue weighted by atomic mass is 16.5. The third-order valence-corrected chi connectivity index (χ3v) is 3.34. The van der Waals surface area contributed by atoms with Crippen LogP contribution in [-0.4, -0.2) is 32.2 Å². The third-order valence-electron chi connectivity index (χ3n) is 3.34. The molecule has 4 nitrogen and oxygen atoms in total. The van der Waals surface area contributed by atoms with Crippen molar-refractivity contribution in [2.24, 2.45) is 11.7 Å². The molecule has 1 fully saturated rings. The van der Waals surface area contributed by atoms with Crippen LogP contribution in [0.3, 0.4) is 0 Å². The molecule has 18 heavy (non-hydrogen) atoms. The molecule has 98 valence electrons. The minimum atomic E-state index is -0.256. The first-order valence-corrected chi connectivity index (χ1v) is 6.41. The van der Waals surface area contributed by atoms with E-state index in [-0.39, 0.29) is 11.8 Å². The summed E-state index contributed by atoms with van der Waals surface area (Å²) in [5.41, 5.74) is 6.68. The van der Waals surface area contributed by atoms with E-state index in [1.54, 1.807) is 0 Å². The monoisotopic (exact) mass is 248 g/mol. The third kappa shape index (κ3) is 3.31. The molecule has 4 heteroatoms. The summed E-state index contributed by atoms with van der Waals surface area (Å²) < 4.78 is 5.28. The number of benzene rings is 1. The summed E-state index contributed by atoms with van der Waals surface area (Å²) in [7, 11) is 0. The lowest BCUT2D eigenvalue weighted by atomic mass is 9.98. The quantitative estimate of drug-likeness (QED) is 0.813. The zero-order chi connectivity index (χ0) is 12.8. The predicted molar refractivity (Wildman–Crippen MR) is 70.2 cm³/mol. The lowest BCUT2D eigenvalue weighted by Crippen LogP contribution is -2.36. The number of nitrogens with two attached hydrogens (primary N) is 1. The summed E-state index contributed by atoms with van der Waals surface area (Å²) in [6.07, 6.45) is 1.03. The van der Waals surface area contributed by atoms with Crippen LogP contribution < -0.4 is 11.1 Å². The van der Waals surface area contributed by atoms with E-state index in [0.717, 1.165) is 25.2 Å². The molecule has 1 aromatic rings. The van der Waals surface area contributed by atoms with Gasteiger partial charge in [0.25, 0.3) is 0 Å². The highest BCUT2D eigenvalue weighted by molar-refractivity contribution is 5.83. The largest absolute Gasteiger partial charge is 0.381 e. The molecule has 1 amide bonds. The van der Waals surface area contributed by atoms with E-state index in [9.17, 15) is 4.79 Å². The summed E-state index contributed by atoms with van der Waals surface area (Å²) in [6, 6.07) is 9.67. The highest BCUT2D eigenvalue weighted by Gasteiger charge is 2.21. The van der Waals surface area contributed by atoms with Gasteiger partial charge in [0.05, 0.1) is 12.5 Å². The topological polar surface area (TPSA) is 64.4 Å². The van der Waals surface area contributed by atoms with Crippen LogP contribution in [0.1, 0.15) is 17.9 Å². The second-order valence-electron chi connectivity index (χ2n) is 4.67. The minimum Gasteiger partial charge on any atom is -0.381 e. The van der Waals surface area contributed by atoms with Gasteiger partial charge in [-0.3, -0.25) is 4.79 Å². The zero-order valence-electron chi connectivity index (χ0n) is 10.5. The lowest BCUT2D eigenvalue weighted by molar-refractivity contribution is -0.122. The molecule has 0 saturated carbocycles. The Labute approximate surface area is 108 Å². The van der Waals surface area contributed by atoms with Crippen molar-refractivity contribution in [1.82, 2.24) is 5.32 Å². The van der Waals surface area contributed by atoms with Crippen LogP contribution in [0.15, 0.2) is 30.3 Å². The smallest absolute Gasteiger partial charge is 0.228 e. The van der Waals surface area contributed by atoms with Crippen LogP contribution in [0.5, 0.6) is 0 Å². The maximum atomic E-state index is 12.1. The van der Waals surface area contributed by atoms with Gasteiger partial charge in [-0.1, -0.05) is 30.3 Å². The summed E-state index contributed by atoms with van der Waals surface area (Å²) in [6.45, 7) is 2.57. The van der Waals surface area contributed by atoms with Crippen LogP contribution in [0, 0.1) is 5.92 Å². The Morgan fingerprint density at radius 1 is 1.44 bits per heavy atom. The molecule has 3 N–H and O–H groups in total. The summed E-state index contributed by atoms with van der Waals surface area (Å²) in [5, 5.41) is 2.98. The molecular weight excluding hydrogens is 228 g/mol. The molecule has 1 heterocycles. The average molecular weight is 248 g/mol. The van der Waals surface area contributed by atoms with Crippen LogP contribution in [-0.2, 0) is 9.53 Å².